The maximum Gasteiger partial charge on any atom is 0.304 e. The number of aromatic amines is 1. The minimum absolute atomic E-state index is 0. The number of likely N-dealkylation sites (tertiary alicyclic amines) is 1. The van der Waals surface area contributed by atoms with Gasteiger partial charge in [0, 0.05) is 89.7 Å². The Morgan fingerprint density at radius 3 is 1.84 bits per heavy atom. The largest absolute Gasteiger partial charge is 0.481 e. The van der Waals surface area contributed by atoms with E-state index in [1.807, 2.05) is 0 Å². The number of thioether (sulfide) groups is 1. The first kappa shape index (κ1) is 93.4. The summed E-state index contributed by atoms with van der Waals surface area (Å²) in [4.78, 5) is 197. The fourth-order valence-electron chi connectivity index (χ4n) is 9.08. The van der Waals surface area contributed by atoms with E-state index in [2.05, 4.69) is 46.9 Å². The number of aliphatic imine (C=N–C) groups is 1. The Hall–Kier alpha value is -6.04. The summed E-state index contributed by atoms with van der Waals surface area (Å²) in [6.07, 6.45) is -0.355. The summed E-state index contributed by atoms with van der Waals surface area (Å²) < 4.78 is 10.2. The zero-order valence-electron chi connectivity index (χ0n) is 52.4. The minimum Gasteiger partial charge on any atom is -0.481 e. The second-order valence-corrected chi connectivity index (χ2v) is 22.3. The molecule has 1 unspecified atom stereocenters. The van der Waals surface area contributed by atoms with Crippen molar-refractivity contribution >= 4 is 167 Å². The number of rotatable bonds is 47. The number of nitrogens with two attached hydrogens (primary N) is 4. The van der Waals surface area contributed by atoms with Crippen molar-refractivity contribution in [1.82, 2.24) is 46.8 Å². The van der Waals surface area contributed by atoms with Gasteiger partial charge in [0.05, 0.1) is 93.8 Å². The third-order valence-electron chi connectivity index (χ3n) is 13.7. The first-order valence-corrected chi connectivity index (χ1v) is 29.7. The van der Waals surface area contributed by atoms with Crippen LogP contribution < -0.4 is 54.8 Å². The Kier molecular flexibility index (Phi) is 50.6. The number of aliphatic carboxylic acids is 1. The molecule has 0 aliphatic carbocycles. The molecule has 532 valence electrons. The van der Waals surface area contributed by atoms with Crippen LogP contribution in [0.15, 0.2) is 17.5 Å². The van der Waals surface area contributed by atoms with Crippen molar-refractivity contribution in [2.45, 2.75) is 120 Å². The summed E-state index contributed by atoms with van der Waals surface area (Å²) in [6.45, 7) is 1.05. The van der Waals surface area contributed by atoms with Crippen LogP contribution in [-0.4, -0.2) is 227 Å². The molecule has 39 heteroatoms. The van der Waals surface area contributed by atoms with Gasteiger partial charge < -0.3 is 84.6 Å². The van der Waals surface area contributed by atoms with Crippen molar-refractivity contribution in [3.8, 4) is 0 Å². The summed E-state index contributed by atoms with van der Waals surface area (Å²) >= 11 is 1.13. The number of nitrogens with one attached hydrogen (secondary N) is 7. The van der Waals surface area contributed by atoms with E-state index in [4.69, 9.17) is 32.4 Å². The second-order valence-electron chi connectivity index (χ2n) is 21.2. The Balaban J connectivity index is -0.00000792. The van der Waals surface area contributed by atoms with Gasteiger partial charge in [0.2, 0.25) is 53.2 Å². The number of H-pyrrole nitrogens is 1. The molecule has 1 aromatic heterocycles. The summed E-state index contributed by atoms with van der Waals surface area (Å²) in [5.41, 5.74) is 22.5. The molecule has 1 aliphatic rings. The van der Waals surface area contributed by atoms with Gasteiger partial charge in [-0.05, 0) is 37.9 Å². The van der Waals surface area contributed by atoms with Crippen molar-refractivity contribution in [3.63, 3.8) is 0 Å². The fourth-order valence-corrected chi connectivity index (χ4v) is 9.70. The number of carbonyl (C=O) groups is 14. The molecule has 0 saturated carbocycles. The number of carboxylic acids is 1. The lowest BCUT2D eigenvalue weighted by atomic mass is 9.90. The highest BCUT2D eigenvalue weighted by Crippen LogP contribution is 2.26. The van der Waals surface area contributed by atoms with Gasteiger partial charge in [-0.2, -0.15) is 79.2 Å². The highest BCUT2D eigenvalue weighted by molar-refractivity contribution is 8.00. The van der Waals surface area contributed by atoms with E-state index in [9.17, 15) is 82.4 Å². The summed E-state index contributed by atoms with van der Waals surface area (Å²) in [5.74, 6) is -19.2. The topological polar surface area (TPSA) is 539 Å². The maximum atomic E-state index is 13.9. The van der Waals surface area contributed by atoms with E-state index in [0.29, 0.717) is 31.9 Å². The molecule has 1 aliphatic heterocycles. The quantitative estimate of drug-likeness (QED) is 0.0126. The molecule has 0 spiro atoms. The molecule has 0 bridgehead atoms. The van der Waals surface area contributed by atoms with Gasteiger partial charge in [0.1, 0.15) is 12.1 Å². The normalized spacial score (nSPS) is 14.9. The number of amides is 9. The molecule has 33 nitrogen and oxygen atoms in total. The van der Waals surface area contributed by atoms with E-state index in [0.717, 1.165) is 16.7 Å². The molecular weight excluding hydrogens is 1340 g/mol. The zero-order chi connectivity index (χ0) is 66.0. The fraction of sp³-hybridized carbons (Fsp3) is 0.667. The average Bonchev–Trinajstić information content (AvgIpc) is 1.92. The van der Waals surface area contributed by atoms with E-state index < -0.39 is 207 Å². The number of Topliss-reactive ketones (excluding diaryl/α,β-unsaturated/α-hetero) is 4. The van der Waals surface area contributed by atoms with Crippen molar-refractivity contribution < 1.29 is 91.9 Å². The molecule has 93 heavy (non-hydrogen) atoms. The van der Waals surface area contributed by atoms with Crippen LogP contribution in [0.25, 0.3) is 0 Å². The van der Waals surface area contributed by atoms with Crippen LogP contribution in [0, 0.1) is 29.6 Å². The van der Waals surface area contributed by atoms with Crippen molar-refractivity contribution in [1.29, 1.82) is 0 Å². The van der Waals surface area contributed by atoms with Crippen LogP contribution in [0.1, 0.15) is 90.2 Å². The van der Waals surface area contributed by atoms with Gasteiger partial charge >= 0.3 is 5.97 Å². The monoisotopic (exact) mass is 1440 g/mol. The van der Waals surface area contributed by atoms with Crippen LogP contribution in [0.3, 0.4) is 0 Å². The van der Waals surface area contributed by atoms with Crippen LogP contribution in [0.2, 0.25) is 0 Å². The number of hydrogen-bond donors (Lipinski definition) is 14. The van der Waals surface area contributed by atoms with E-state index in [1.165, 1.54) is 19.6 Å². The number of guanidine groups is 1. The molecular formula is C54H96N14O19S6. The molecule has 1 saturated heterocycles. The Labute approximate surface area is 578 Å². The number of nitrogens with zero attached hydrogens (tertiary/aromatic N) is 3. The third-order valence-corrected chi connectivity index (χ3v) is 14.7. The van der Waals surface area contributed by atoms with Crippen molar-refractivity contribution in [2.75, 3.05) is 79.1 Å². The molecule has 9 atom stereocenters. The van der Waals surface area contributed by atoms with Gasteiger partial charge in [-0.3, -0.25) is 77.0 Å². The highest BCUT2D eigenvalue weighted by atomic mass is 32.2. The predicted octanol–water partition coefficient (Wildman–Crippen LogP) is -5.07. The predicted molar refractivity (Wildman–Crippen MR) is 365 cm³/mol. The van der Waals surface area contributed by atoms with Crippen molar-refractivity contribution in [2.24, 2.45) is 57.5 Å². The number of imidazole rings is 1. The van der Waals surface area contributed by atoms with E-state index >= 15 is 0 Å². The molecule has 18 N–H and O–H groups in total. The summed E-state index contributed by atoms with van der Waals surface area (Å²) in [5, 5.41) is 44.1. The van der Waals surface area contributed by atoms with Crippen LogP contribution in [0.5, 0.6) is 0 Å². The number of ketones is 4. The number of hydrogen-bond acceptors (Lipinski definition) is 22. The maximum absolute atomic E-state index is 13.9. The molecule has 1 aromatic rings. The molecule has 2 rings (SSSR count). The number of aliphatic hydroxyl groups is 2. The van der Waals surface area contributed by atoms with Gasteiger partial charge in [-0.25, -0.2) is 4.98 Å². The smallest absolute Gasteiger partial charge is 0.304 e. The lowest BCUT2D eigenvalue weighted by Crippen LogP contribution is -2.56. The van der Waals surface area contributed by atoms with Crippen molar-refractivity contribution in [3.05, 3.63) is 18.2 Å². The van der Waals surface area contributed by atoms with E-state index in [1.54, 1.807) is 20.1 Å². The molecule has 9 amide bonds. The highest BCUT2D eigenvalue weighted by Gasteiger charge is 2.45. The Bertz CT molecular complexity index is 2610. The van der Waals surface area contributed by atoms with Gasteiger partial charge in [-0.1, -0.05) is 13.8 Å². The number of imide groups is 1. The number of aliphatic hydroxyl groups excluding tert-OH is 2. The van der Waals surface area contributed by atoms with E-state index in [-0.39, 0.29) is 125 Å². The number of primary amides is 1. The zero-order valence-corrected chi connectivity index (χ0v) is 58.2. The lowest BCUT2D eigenvalue weighted by Gasteiger charge is -2.28. The average molecular weight is 1440 g/mol. The van der Waals surface area contributed by atoms with Gasteiger partial charge in [0.15, 0.2) is 29.1 Å². The second kappa shape index (κ2) is 50.4. The van der Waals surface area contributed by atoms with Gasteiger partial charge in [0.25, 0.3) is 0 Å². The molecule has 1 fully saturated rings. The standard InChI is InChI=1S/C54H86N14O19S.5H2S/c1-29(2)13-36(66-52(84)39(22-55)68-46(77)21-43(88-4)53(68)85)41(73)18-33(26-69)49(81)62-24-35(71)15-30(7-5-8-61-54(57)58)50(82)67-38(27-70)42(74)17-32(19-47(78)79)51(83)65-37(20-44(56)75)40(72)16-31(14-34-23-59-28-64-34)48(80)63-25-45(76)60-9-6-10-87-12-11-86-3;;;;;/h23,28-33,36-39,43,69-70H,5-22,24-27,55H2,1-4H3,(H2,56,75)(H,59,64)(H,60,76)(H,62,81)(H,63,80)(H,65,83)(H,66,84)(H,67,82)(H,78,79)(H4,57,58,61);5*1H2/t30-,31-,32+,33+,36+,37+,38+,39+,43?;;;;;/m1...../s1. The number of carboxylic acid groups (broad SMARTS) is 1. The first-order valence-electron chi connectivity index (χ1n) is 28.4. The number of aromatic nitrogens is 2. The number of methoxy groups -OCH3 is 1. The SMILES string of the molecule is COCCOCCCNC(=O)CNC(=O)[C@@H](CC(=O)[C@H](CC(N)=O)NC(=O)[C@H](CC(=O)O)CC(=O)[C@H](CO)NC(=O)[C@H](CCCN=C(N)N)CC(=O)CNC(=O)[C@H](CO)CC(=O)[C@H](CC(C)C)NC(=O)[C@H](CN)N1C(=O)CC(SC)C1=O)Cc1cnc[nH]1.S.S.S.S.S. The molecule has 0 radical (unpaired) electrons. The molecule has 0 aromatic carbocycles. The summed E-state index contributed by atoms with van der Waals surface area (Å²) in [6, 6.07) is -6.29. The minimum atomic E-state index is -1.83. The number of ether oxygens (including phenoxy) is 2. The Morgan fingerprint density at radius 2 is 1.29 bits per heavy atom. The van der Waals surface area contributed by atoms with Crippen LogP contribution in [0.4, 0.5) is 0 Å². The van der Waals surface area contributed by atoms with Crippen LogP contribution >= 0.6 is 79.2 Å². The first-order chi connectivity index (χ1) is 41.7. The van der Waals surface area contributed by atoms with Gasteiger partial charge in [-0.15, -0.1) is 0 Å². The lowest BCUT2D eigenvalue weighted by molar-refractivity contribution is -0.147. The molecule has 2 heterocycles. The van der Waals surface area contributed by atoms with Crippen LogP contribution in [-0.2, 0) is 83.0 Å². The third kappa shape index (κ3) is 35.3. The number of carbonyl (C=O) groups excluding carboxylic acids is 13. The summed E-state index contributed by atoms with van der Waals surface area (Å²) in [7, 11) is 1.52. The Morgan fingerprint density at radius 1 is 0.710 bits per heavy atom.